The summed E-state index contributed by atoms with van der Waals surface area (Å²) in [7, 11) is 0. The number of amides is 1. The van der Waals surface area contributed by atoms with Gasteiger partial charge in [0.25, 0.3) is 5.56 Å². The lowest BCUT2D eigenvalue weighted by Gasteiger charge is -2.31. The largest absolute Gasteiger partial charge is 0.458 e. The minimum Gasteiger partial charge on any atom is -0.458 e. The summed E-state index contributed by atoms with van der Waals surface area (Å²) in [4.78, 5) is 43.9. The molecule has 2 atom stereocenters. The Morgan fingerprint density at radius 3 is 2.74 bits per heavy atom. The molecular weight excluding hydrogens is 491 g/mol. The van der Waals surface area contributed by atoms with Crippen LogP contribution in [0.15, 0.2) is 16.9 Å². The molecule has 9 nitrogen and oxygen atoms in total. The van der Waals surface area contributed by atoms with Crippen LogP contribution in [-0.2, 0) is 39.5 Å². The van der Waals surface area contributed by atoms with E-state index in [1.54, 1.807) is 38.3 Å². The van der Waals surface area contributed by atoms with Crippen LogP contribution in [0.5, 0.6) is 0 Å². The van der Waals surface area contributed by atoms with Gasteiger partial charge in [0.1, 0.15) is 12.4 Å². The number of pyridine rings is 2. The van der Waals surface area contributed by atoms with Crippen molar-refractivity contribution in [2.75, 3.05) is 0 Å². The molecule has 0 saturated heterocycles. The molecular formula is C28H29FN4O5. The molecule has 0 bridgehead atoms. The lowest BCUT2D eigenvalue weighted by atomic mass is 9.81. The summed E-state index contributed by atoms with van der Waals surface area (Å²) in [5.41, 5.74) is 7.31. The van der Waals surface area contributed by atoms with Crippen molar-refractivity contribution >= 4 is 22.8 Å². The maximum absolute atomic E-state index is 15.0. The molecule has 3 aliphatic rings. The summed E-state index contributed by atoms with van der Waals surface area (Å²) < 4.78 is 21.7. The number of carbonyl (C=O) groups is 2. The number of nitrogens with two attached hydrogens (primary N) is 1. The second kappa shape index (κ2) is 7.94. The quantitative estimate of drug-likeness (QED) is 0.353. The number of benzene rings is 1. The van der Waals surface area contributed by atoms with E-state index in [1.165, 1.54) is 6.07 Å². The average molecular weight is 521 g/mol. The Hall–Kier alpha value is -3.63. The van der Waals surface area contributed by atoms with Crippen molar-refractivity contribution in [3.8, 4) is 11.4 Å². The Morgan fingerprint density at radius 2 is 2.05 bits per heavy atom. The molecule has 3 aromatic rings. The number of nitrogens with zero attached hydrogens (tertiary/aromatic N) is 2. The van der Waals surface area contributed by atoms with E-state index in [0.29, 0.717) is 35.3 Å². The smallest absolute Gasteiger partial charge is 0.343 e. The van der Waals surface area contributed by atoms with E-state index in [2.05, 4.69) is 5.32 Å². The maximum Gasteiger partial charge on any atom is 0.343 e. The highest BCUT2D eigenvalue weighted by Gasteiger charge is 2.46. The third-order valence-corrected chi connectivity index (χ3v) is 8.27. The van der Waals surface area contributed by atoms with Crippen molar-refractivity contribution in [3.63, 3.8) is 0 Å². The van der Waals surface area contributed by atoms with Crippen LogP contribution in [0.2, 0.25) is 0 Å². The highest BCUT2D eigenvalue weighted by molar-refractivity contribution is 5.94. The van der Waals surface area contributed by atoms with Crippen molar-refractivity contribution in [1.29, 1.82) is 0 Å². The van der Waals surface area contributed by atoms with Crippen LogP contribution in [0.4, 0.5) is 4.39 Å². The van der Waals surface area contributed by atoms with Crippen LogP contribution in [0.1, 0.15) is 73.0 Å². The first-order chi connectivity index (χ1) is 17.9. The highest BCUT2D eigenvalue weighted by Crippen LogP contribution is 2.46. The van der Waals surface area contributed by atoms with Crippen LogP contribution in [0, 0.1) is 12.7 Å². The van der Waals surface area contributed by atoms with Gasteiger partial charge in [-0.3, -0.25) is 9.59 Å². The fraction of sp³-hybridized carbons (Fsp3) is 0.429. The number of halogens is 1. The number of hydrogen-bond acceptors (Lipinski definition) is 7. The summed E-state index contributed by atoms with van der Waals surface area (Å²) in [5, 5.41) is 15.0. The van der Waals surface area contributed by atoms with Gasteiger partial charge >= 0.3 is 5.97 Å². The molecule has 6 rings (SSSR count). The van der Waals surface area contributed by atoms with Crippen LogP contribution in [0.25, 0.3) is 22.3 Å². The average Bonchev–Trinajstić information content (AvgIpc) is 3.23. The number of carbonyl (C=O) groups excluding carboxylic acids is 2. The molecule has 1 aromatic carbocycles. The van der Waals surface area contributed by atoms with Crippen LogP contribution < -0.4 is 16.6 Å². The maximum atomic E-state index is 15.0. The van der Waals surface area contributed by atoms with Gasteiger partial charge < -0.3 is 25.5 Å². The molecule has 2 aromatic heterocycles. The first kappa shape index (κ1) is 24.7. The first-order valence-electron chi connectivity index (χ1n) is 12.8. The normalized spacial score (nSPS) is 21.6. The van der Waals surface area contributed by atoms with Gasteiger partial charge in [0, 0.05) is 22.6 Å². The third kappa shape index (κ3) is 3.23. The lowest BCUT2D eigenvalue weighted by molar-refractivity contribution is -0.172. The number of aryl methyl sites for hydroxylation is 1. The topological polar surface area (TPSA) is 137 Å². The number of aromatic nitrogens is 2. The van der Waals surface area contributed by atoms with Crippen molar-refractivity contribution in [1.82, 2.24) is 14.9 Å². The van der Waals surface area contributed by atoms with Gasteiger partial charge in [-0.05, 0) is 62.8 Å². The Morgan fingerprint density at radius 1 is 1.32 bits per heavy atom. The van der Waals surface area contributed by atoms with E-state index >= 15 is 0 Å². The number of cyclic esters (lactones) is 1. The number of esters is 1. The molecule has 2 unspecified atom stereocenters. The summed E-state index contributed by atoms with van der Waals surface area (Å²) in [6, 6.07) is 2.59. The molecule has 0 radical (unpaired) electrons. The van der Waals surface area contributed by atoms with E-state index in [-0.39, 0.29) is 48.0 Å². The molecule has 1 aliphatic carbocycles. The predicted molar refractivity (Wildman–Crippen MR) is 137 cm³/mol. The number of aliphatic hydroxyl groups is 1. The van der Waals surface area contributed by atoms with E-state index < -0.39 is 23.2 Å². The molecule has 0 fully saturated rings. The zero-order valence-corrected chi connectivity index (χ0v) is 21.7. The van der Waals surface area contributed by atoms with Gasteiger partial charge in [-0.1, -0.05) is 6.92 Å². The molecule has 1 amide bonds. The number of fused-ring (bicyclic) bond motifs is 5. The van der Waals surface area contributed by atoms with Crippen LogP contribution >= 0.6 is 0 Å². The Kier molecular flexibility index (Phi) is 5.16. The van der Waals surface area contributed by atoms with E-state index in [4.69, 9.17) is 15.5 Å². The molecule has 2 aliphatic heterocycles. The van der Waals surface area contributed by atoms with Crippen molar-refractivity contribution < 1.29 is 23.8 Å². The van der Waals surface area contributed by atoms with Crippen molar-refractivity contribution in [2.45, 2.75) is 77.3 Å². The zero-order valence-electron chi connectivity index (χ0n) is 21.7. The summed E-state index contributed by atoms with van der Waals surface area (Å²) >= 11 is 0. The molecule has 4 N–H and O–H groups in total. The number of rotatable bonds is 3. The highest BCUT2D eigenvalue weighted by atomic mass is 19.1. The number of nitrogens with one attached hydrogen (secondary N) is 1. The fourth-order valence-electron chi connectivity index (χ4n) is 6.04. The van der Waals surface area contributed by atoms with Crippen molar-refractivity contribution in [2.24, 2.45) is 5.73 Å². The van der Waals surface area contributed by atoms with Gasteiger partial charge in [0.2, 0.25) is 5.91 Å². The monoisotopic (exact) mass is 520 g/mol. The zero-order chi connectivity index (χ0) is 27.3. The summed E-state index contributed by atoms with van der Waals surface area (Å²) in [6.07, 6.45) is 1.11. The number of ether oxygens (including phenoxy) is 1. The molecule has 0 saturated carbocycles. The third-order valence-electron chi connectivity index (χ3n) is 8.27. The van der Waals surface area contributed by atoms with E-state index in [9.17, 15) is 23.9 Å². The van der Waals surface area contributed by atoms with Gasteiger partial charge in [0.05, 0.1) is 40.6 Å². The minimum absolute atomic E-state index is 0.0296. The number of hydrogen-bond donors (Lipinski definition) is 3. The Labute approximate surface area is 217 Å². The molecule has 10 heteroatoms. The second-order valence-electron chi connectivity index (χ2n) is 11.1. The second-order valence-corrected chi connectivity index (χ2v) is 11.1. The summed E-state index contributed by atoms with van der Waals surface area (Å²) in [5.74, 6) is -1.50. The molecule has 0 spiro atoms. The lowest BCUT2D eigenvalue weighted by Crippen LogP contribution is -2.50. The SMILES string of the molecule is CCC1(O)C(=O)OCc2c1cc1n(c2=O)Cc2c-1nc1cc(F)c(C)c3c1c2C(NC(=O)C(C)(C)N)CC3. The van der Waals surface area contributed by atoms with Crippen LogP contribution in [-0.4, -0.2) is 32.1 Å². The van der Waals surface area contributed by atoms with Crippen LogP contribution in [0.3, 0.4) is 0 Å². The molecule has 38 heavy (non-hydrogen) atoms. The van der Waals surface area contributed by atoms with Crippen molar-refractivity contribution in [3.05, 3.63) is 61.7 Å². The molecule has 198 valence electrons. The van der Waals surface area contributed by atoms with Gasteiger partial charge in [-0.25, -0.2) is 14.2 Å². The van der Waals surface area contributed by atoms with Gasteiger partial charge in [-0.15, -0.1) is 0 Å². The predicted octanol–water partition coefficient (Wildman–Crippen LogP) is 2.37. The first-order valence-corrected chi connectivity index (χ1v) is 12.8. The fourth-order valence-corrected chi connectivity index (χ4v) is 6.04. The minimum atomic E-state index is -1.95. The van der Waals surface area contributed by atoms with E-state index in [0.717, 1.165) is 22.1 Å². The molecule has 4 heterocycles. The summed E-state index contributed by atoms with van der Waals surface area (Å²) in [6.45, 7) is 6.59. The Balaban J connectivity index is 1.64. The Bertz CT molecular complexity index is 1650. The van der Waals surface area contributed by atoms with E-state index in [1.807, 2.05) is 0 Å². The standard InChI is InChI=1S/C28H29FN4O5/c1-5-28(37)16-8-20-23-14(10-33(20)24(34)15(16)11-38-26(28)36)22-18(32-25(35)27(3,4)30)7-6-13-12(2)17(29)9-19(31-23)21(13)22/h8-9,18,37H,5-7,10-11,30H2,1-4H3,(H,32,35). The van der Waals surface area contributed by atoms with Gasteiger partial charge in [0.15, 0.2) is 5.60 Å². The van der Waals surface area contributed by atoms with Gasteiger partial charge in [-0.2, -0.15) is 0 Å².